The topological polar surface area (TPSA) is 80.2 Å². The summed E-state index contributed by atoms with van der Waals surface area (Å²) in [6.45, 7) is 3.69. The molecule has 1 aliphatic heterocycles. The van der Waals surface area contributed by atoms with Crippen molar-refractivity contribution in [2.45, 2.75) is 0 Å². The van der Waals surface area contributed by atoms with Crippen LogP contribution < -0.4 is 16.0 Å². The zero-order chi connectivity index (χ0) is 18.5. The number of amides is 2. The van der Waals surface area contributed by atoms with Crippen molar-refractivity contribution in [2.75, 3.05) is 38.2 Å². The minimum atomic E-state index is -0.208. The molecule has 3 N–H and O–H groups in total. The van der Waals surface area contributed by atoms with Crippen LogP contribution in [0.5, 0.6) is 0 Å². The van der Waals surface area contributed by atoms with Crippen LogP contribution in [0, 0.1) is 5.92 Å². The predicted molar refractivity (Wildman–Crippen MR) is 120 cm³/mol. The van der Waals surface area contributed by atoms with Crippen LogP contribution in [-0.4, -0.2) is 48.4 Å². The molecule has 156 valence electrons. The number of urea groups is 1. The summed E-state index contributed by atoms with van der Waals surface area (Å²) in [4.78, 5) is 16.5. The fourth-order valence-electron chi connectivity index (χ4n) is 3.17. The predicted octanol–water partition coefficient (Wildman–Crippen LogP) is 3.23. The molecule has 0 aliphatic carbocycles. The molecule has 4 rings (SSSR count). The number of ether oxygens (including phenoxy) is 1. The highest BCUT2D eigenvalue weighted by Gasteiger charge is 2.13. The number of fused-ring (bicyclic) bond motifs is 1. The van der Waals surface area contributed by atoms with E-state index in [9.17, 15) is 4.79 Å². The largest absolute Gasteiger partial charge is 0.380 e. The Hall–Kier alpha value is -2.32. The first-order valence-corrected chi connectivity index (χ1v) is 9.15. The number of nitrogens with zero attached hydrogens (tertiary/aromatic N) is 2. The van der Waals surface area contributed by atoms with E-state index < -0.39 is 0 Å². The van der Waals surface area contributed by atoms with Gasteiger partial charge in [0.25, 0.3) is 0 Å². The number of imidazole rings is 1. The fourth-order valence-corrected chi connectivity index (χ4v) is 3.17. The van der Waals surface area contributed by atoms with Crippen LogP contribution >= 0.6 is 24.8 Å². The van der Waals surface area contributed by atoms with Crippen molar-refractivity contribution in [1.29, 1.82) is 0 Å². The lowest BCUT2D eigenvalue weighted by molar-refractivity contribution is 0.123. The summed E-state index contributed by atoms with van der Waals surface area (Å²) >= 11 is 0. The highest BCUT2D eigenvalue weighted by Crippen LogP contribution is 2.19. The number of anilines is 1. The molecular formula is C20H25Cl2N5O2. The normalized spacial score (nSPS) is 16.2. The Morgan fingerprint density at radius 1 is 1.17 bits per heavy atom. The minimum absolute atomic E-state index is 0. The van der Waals surface area contributed by atoms with E-state index in [1.807, 2.05) is 59.4 Å². The third-order valence-electron chi connectivity index (χ3n) is 4.62. The van der Waals surface area contributed by atoms with Crippen molar-refractivity contribution in [2.24, 2.45) is 5.92 Å². The van der Waals surface area contributed by atoms with Gasteiger partial charge >= 0.3 is 6.03 Å². The van der Waals surface area contributed by atoms with E-state index in [0.29, 0.717) is 13.2 Å². The van der Waals surface area contributed by atoms with E-state index in [-0.39, 0.29) is 36.8 Å². The molecule has 0 spiro atoms. The van der Waals surface area contributed by atoms with Crippen LogP contribution in [0.1, 0.15) is 0 Å². The van der Waals surface area contributed by atoms with Gasteiger partial charge in [-0.25, -0.2) is 9.78 Å². The number of para-hydroxylation sites is 2. The molecule has 0 saturated carbocycles. The molecule has 2 aromatic carbocycles. The second-order valence-corrected chi connectivity index (χ2v) is 6.63. The van der Waals surface area contributed by atoms with Crippen molar-refractivity contribution in [3.63, 3.8) is 0 Å². The number of rotatable bonds is 4. The first-order valence-electron chi connectivity index (χ1n) is 9.15. The Bertz CT molecular complexity index is 909. The van der Waals surface area contributed by atoms with Gasteiger partial charge in [-0.05, 0) is 36.4 Å². The Kier molecular flexibility index (Phi) is 8.72. The first kappa shape index (κ1) is 23.0. The van der Waals surface area contributed by atoms with Gasteiger partial charge in [-0.1, -0.05) is 12.1 Å². The Balaban J connectivity index is 0.00000150. The average molecular weight is 438 g/mol. The molecule has 0 bridgehead atoms. The van der Waals surface area contributed by atoms with Gasteiger partial charge in [0, 0.05) is 36.9 Å². The molecule has 2 heterocycles. The van der Waals surface area contributed by atoms with Gasteiger partial charge in [0.2, 0.25) is 0 Å². The van der Waals surface area contributed by atoms with Crippen LogP contribution in [0.2, 0.25) is 0 Å². The van der Waals surface area contributed by atoms with E-state index in [4.69, 9.17) is 4.74 Å². The van der Waals surface area contributed by atoms with E-state index >= 15 is 0 Å². The van der Waals surface area contributed by atoms with Gasteiger partial charge < -0.3 is 20.7 Å². The van der Waals surface area contributed by atoms with E-state index in [1.165, 1.54) is 0 Å². The van der Waals surface area contributed by atoms with Gasteiger partial charge in [0.15, 0.2) is 0 Å². The average Bonchev–Trinajstić information content (AvgIpc) is 2.95. The number of hydrogen-bond donors (Lipinski definition) is 3. The summed E-state index contributed by atoms with van der Waals surface area (Å²) in [5, 5.41) is 9.08. The van der Waals surface area contributed by atoms with Crippen LogP contribution in [-0.2, 0) is 4.74 Å². The standard InChI is InChI=1S/C20H23N5O2.2ClH/c26-20(22-12-15-11-21-9-10-27-13-15)24-16-5-7-17(8-6-16)25-14-23-18-3-1-2-4-19(18)25;;/h1-8,14-15,21H,9-13H2,(H2,22,24,26);2*1H. The molecule has 1 fully saturated rings. The Labute approximate surface area is 182 Å². The molecule has 1 saturated heterocycles. The van der Waals surface area contributed by atoms with Crippen molar-refractivity contribution in [1.82, 2.24) is 20.2 Å². The highest BCUT2D eigenvalue weighted by molar-refractivity contribution is 5.89. The number of aromatic nitrogens is 2. The smallest absolute Gasteiger partial charge is 0.319 e. The first-order chi connectivity index (χ1) is 13.3. The lowest BCUT2D eigenvalue weighted by Crippen LogP contribution is -2.37. The lowest BCUT2D eigenvalue weighted by atomic mass is 10.1. The maximum Gasteiger partial charge on any atom is 0.319 e. The number of carbonyl (C=O) groups is 1. The molecule has 29 heavy (non-hydrogen) atoms. The van der Waals surface area contributed by atoms with Gasteiger partial charge in [-0.3, -0.25) is 4.57 Å². The van der Waals surface area contributed by atoms with E-state index in [0.717, 1.165) is 42.1 Å². The van der Waals surface area contributed by atoms with E-state index in [2.05, 4.69) is 20.9 Å². The third kappa shape index (κ3) is 5.83. The van der Waals surface area contributed by atoms with Gasteiger partial charge in [0.1, 0.15) is 6.33 Å². The summed E-state index contributed by atoms with van der Waals surface area (Å²) in [5.74, 6) is 0.287. The zero-order valence-corrected chi connectivity index (χ0v) is 17.5. The summed E-state index contributed by atoms with van der Waals surface area (Å²) in [6.07, 6.45) is 1.81. The molecule has 1 aromatic heterocycles. The summed E-state index contributed by atoms with van der Waals surface area (Å²) in [7, 11) is 0. The molecular weight excluding hydrogens is 413 g/mol. The van der Waals surface area contributed by atoms with Gasteiger partial charge in [0.05, 0.1) is 24.2 Å². The van der Waals surface area contributed by atoms with Crippen LogP contribution in [0.25, 0.3) is 16.7 Å². The lowest BCUT2D eigenvalue weighted by Gasteiger charge is -2.15. The van der Waals surface area contributed by atoms with E-state index in [1.54, 1.807) is 0 Å². The summed E-state index contributed by atoms with van der Waals surface area (Å²) in [6, 6.07) is 15.5. The van der Waals surface area contributed by atoms with Crippen molar-refractivity contribution >= 4 is 47.6 Å². The van der Waals surface area contributed by atoms with Crippen LogP contribution in [0.3, 0.4) is 0 Å². The molecule has 7 nitrogen and oxygen atoms in total. The molecule has 1 aliphatic rings. The molecule has 0 radical (unpaired) electrons. The second kappa shape index (κ2) is 11.0. The second-order valence-electron chi connectivity index (χ2n) is 6.63. The number of nitrogens with one attached hydrogen (secondary N) is 3. The SMILES string of the molecule is Cl.Cl.O=C(NCC1CNCCOC1)Nc1ccc(-n2cnc3ccccc32)cc1. The van der Waals surface area contributed by atoms with Crippen LogP contribution in [0.15, 0.2) is 54.9 Å². The number of hydrogen-bond acceptors (Lipinski definition) is 4. The minimum Gasteiger partial charge on any atom is -0.380 e. The molecule has 2 amide bonds. The van der Waals surface area contributed by atoms with Crippen molar-refractivity contribution in [3.8, 4) is 5.69 Å². The summed E-state index contributed by atoms with van der Waals surface area (Å²) < 4.78 is 7.52. The monoisotopic (exact) mass is 437 g/mol. The van der Waals surface area contributed by atoms with Crippen molar-refractivity contribution < 1.29 is 9.53 Å². The molecule has 1 atom stereocenters. The number of halogens is 2. The Morgan fingerprint density at radius 3 is 2.79 bits per heavy atom. The van der Waals surface area contributed by atoms with Crippen LogP contribution in [0.4, 0.5) is 10.5 Å². The van der Waals surface area contributed by atoms with Gasteiger partial charge in [-0.15, -0.1) is 24.8 Å². The highest BCUT2D eigenvalue weighted by atomic mass is 35.5. The fraction of sp³-hybridized carbons (Fsp3) is 0.300. The Morgan fingerprint density at radius 2 is 1.97 bits per heavy atom. The zero-order valence-electron chi connectivity index (χ0n) is 15.8. The maximum atomic E-state index is 12.1. The summed E-state index contributed by atoms with van der Waals surface area (Å²) in [5.41, 5.74) is 3.75. The number of carbonyl (C=O) groups excluding carboxylic acids is 1. The molecule has 1 unspecified atom stereocenters. The number of benzene rings is 2. The van der Waals surface area contributed by atoms with Gasteiger partial charge in [-0.2, -0.15) is 0 Å². The molecule has 9 heteroatoms. The maximum absolute atomic E-state index is 12.1. The van der Waals surface area contributed by atoms with Crippen molar-refractivity contribution in [3.05, 3.63) is 54.9 Å². The molecule has 3 aromatic rings. The third-order valence-corrected chi connectivity index (χ3v) is 4.62. The quantitative estimate of drug-likeness (QED) is 0.585.